The lowest BCUT2D eigenvalue weighted by Crippen LogP contribution is -2.52. The van der Waals surface area contributed by atoms with Gasteiger partial charge in [0.1, 0.15) is 11.8 Å². The molecular weight excluding hydrogens is 518 g/mol. The molecule has 2 aromatic carbocycles. The maximum Gasteiger partial charge on any atom is 0.255 e. The number of rotatable bonds is 6. The molecule has 2 saturated heterocycles. The number of carbonyl (C=O) groups excluding carboxylic acids is 3. The molecular formula is C29H30ClN5O4. The highest BCUT2D eigenvalue weighted by Crippen LogP contribution is 2.49. The van der Waals surface area contributed by atoms with E-state index < -0.39 is 11.9 Å². The maximum atomic E-state index is 13.2. The van der Waals surface area contributed by atoms with Crippen molar-refractivity contribution in [2.24, 2.45) is 0 Å². The van der Waals surface area contributed by atoms with Crippen molar-refractivity contribution < 1.29 is 19.1 Å². The second kappa shape index (κ2) is 10.1. The summed E-state index contributed by atoms with van der Waals surface area (Å²) in [5, 5.41) is 14.6. The summed E-state index contributed by atoms with van der Waals surface area (Å²) in [4.78, 5) is 41.0. The van der Waals surface area contributed by atoms with Gasteiger partial charge in [0.05, 0.1) is 13.2 Å². The quantitative estimate of drug-likeness (QED) is 0.377. The standard InChI is InChI=1S/C29H30ClN5O4/c30-18-1-3-20(4-2-18)32-12-9-19(31)15-34-13-10-29(11-14-34)17-39-26-22-16-35(24-7-8-25(36)33-27(24)37)28(38)21(22)5-6-23(26)29/h1-6,9,12,24,31-32H,7-8,10-11,13-17H2,(H,33,36,37)/b12-9-,31-19?. The highest BCUT2D eigenvalue weighted by molar-refractivity contribution is 6.30. The number of benzene rings is 2. The number of hydrogen-bond acceptors (Lipinski definition) is 7. The highest BCUT2D eigenvalue weighted by Gasteiger charge is 2.47. The molecule has 0 aromatic heterocycles. The molecule has 39 heavy (non-hydrogen) atoms. The normalized spacial score (nSPS) is 22.1. The zero-order chi connectivity index (χ0) is 27.1. The van der Waals surface area contributed by atoms with Crippen molar-refractivity contribution >= 4 is 40.7 Å². The summed E-state index contributed by atoms with van der Waals surface area (Å²) in [5.41, 5.74) is 3.90. The fourth-order valence-electron chi connectivity index (χ4n) is 6.11. The lowest BCUT2D eigenvalue weighted by molar-refractivity contribution is -0.136. The van der Waals surface area contributed by atoms with Crippen LogP contribution in [0.4, 0.5) is 5.69 Å². The van der Waals surface area contributed by atoms with E-state index in [4.69, 9.17) is 21.7 Å². The summed E-state index contributed by atoms with van der Waals surface area (Å²) in [6.07, 6.45) is 5.94. The smallest absolute Gasteiger partial charge is 0.255 e. The Morgan fingerprint density at radius 2 is 1.92 bits per heavy atom. The summed E-state index contributed by atoms with van der Waals surface area (Å²) in [7, 11) is 0. The van der Waals surface area contributed by atoms with Gasteiger partial charge >= 0.3 is 0 Å². The van der Waals surface area contributed by atoms with E-state index in [-0.39, 0.29) is 23.7 Å². The number of hydrogen-bond donors (Lipinski definition) is 3. The molecule has 2 fully saturated rings. The van der Waals surface area contributed by atoms with E-state index in [9.17, 15) is 14.4 Å². The molecule has 4 aliphatic rings. The molecule has 1 atom stereocenters. The van der Waals surface area contributed by atoms with Gasteiger partial charge in [-0.2, -0.15) is 0 Å². The van der Waals surface area contributed by atoms with E-state index in [0.717, 1.165) is 48.5 Å². The molecule has 3 amide bonds. The summed E-state index contributed by atoms with van der Waals surface area (Å²) in [6, 6.07) is 10.7. The number of fused-ring (bicyclic) bond motifs is 4. The molecule has 10 heteroatoms. The minimum Gasteiger partial charge on any atom is -0.492 e. The average molecular weight is 548 g/mol. The average Bonchev–Trinajstić information content (AvgIpc) is 3.45. The van der Waals surface area contributed by atoms with Gasteiger partial charge in [-0.3, -0.25) is 24.6 Å². The molecule has 0 aliphatic carbocycles. The third kappa shape index (κ3) is 4.81. The van der Waals surface area contributed by atoms with Crippen molar-refractivity contribution in [3.8, 4) is 5.75 Å². The Balaban J connectivity index is 1.08. The third-order valence-electron chi connectivity index (χ3n) is 8.32. The van der Waals surface area contributed by atoms with Gasteiger partial charge in [-0.15, -0.1) is 0 Å². The zero-order valence-electron chi connectivity index (χ0n) is 21.5. The minimum absolute atomic E-state index is 0.111. The lowest BCUT2D eigenvalue weighted by atomic mass is 9.74. The van der Waals surface area contributed by atoms with Crippen molar-refractivity contribution in [3.63, 3.8) is 0 Å². The summed E-state index contributed by atoms with van der Waals surface area (Å²) >= 11 is 5.92. The Morgan fingerprint density at radius 3 is 2.67 bits per heavy atom. The van der Waals surface area contributed by atoms with E-state index in [1.54, 1.807) is 17.2 Å². The van der Waals surface area contributed by atoms with Crippen molar-refractivity contribution in [2.45, 2.75) is 43.7 Å². The van der Waals surface area contributed by atoms with Crippen LogP contribution in [0.3, 0.4) is 0 Å². The van der Waals surface area contributed by atoms with Crippen LogP contribution in [0, 0.1) is 5.41 Å². The van der Waals surface area contributed by atoms with Gasteiger partial charge in [0.15, 0.2) is 0 Å². The Hall–Kier alpha value is -3.69. The molecule has 2 aromatic rings. The first-order chi connectivity index (χ1) is 18.8. The molecule has 1 spiro atoms. The van der Waals surface area contributed by atoms with Gasteiger partial charge in [0.2, 0.25) is 11.8 Å². The number of piperidine rings is 2. The third-order valence-corrected chi connectivity index (χ3v) is 8.57. The van der Waals surface area contributed by atoms with Crippen LogP contribution in [-0.4, -0.2) is 65.5 Å². The predicted octanol–water partition coefficient (Wildman–Crippen LogP) is 3.47. The lowest BCUT2D eigenvalue weighted by Gasteiger charge is -2.38. The maximum absolute atomic E-state index is 13.2. The van der Waals surface area contributed by atoms with Crippen LogP contribution in [0.1, 0.15) is 47.2 Å². The molecule has 4 aliphatic heterocycles. The Bertz CT molecular complexity index is 1380. The molecule has 0 radical (unpaired) electrons. The zero-order valence-corrected chi connectivity index (χ0v) is 22.2. The molecule has 0 saturated carbocycles. The van der Waals surface area contributed by atoms with E-state index in [0.29, 0.717) is 42.4 Å². The van der Waals surface area contributed by atoms with Gasteiger partial charge in [-0.1, -0.05) is 17.7 Å². The van der Waals surface area contributed by atoms with E-state index in [2.05, 4.69) is 15.5 Å². The van der Waals surface area contributed by atoms with E-state index in [1.165, 1.54) is 0 Å². The first kappa shape index (κ1) is 25.6. The van der Waals surface area contributed by atoms with E-state index in [1.807, 2.05) is 36.4 Å². The van der Waals surface area contributed by atoms with Crippen LogP contribution in [-0.2, 0) is 21.5 Å². The van der Waals surface area contributed by atoms with Crippen LogP contribution >= 0.6 is 11.6 Å². The molecule has 4 heterocycles. The molecule has 3 N–H and O–H groups in total. The Labute approximate surface area is 231 Å². The second-order valence-electron chi connectivity index (χ2n) is 10.7. The first-order valence-corrected chi connectivity index (χ1v) is 13.6. The Kier molecular flexibility index (Phi) is 6.64. The molecule has 9 nitrogen and oxygen atoms in total. The first-order valence-electron chi connectivity index (χ1n) is 13.3. The van der Waals surface area contributed by atoms with E-state index >= 15 is 0 Å². The fourth-order valence-corrected chi connectivity index (χ4v) is 6.24. The molecule has 0 bridgehead atoms. The fraction of sp³-hybridized carbons (Fsp3) is 0.379. The van der Waals surface area contributed by atoms with Crippen LogP contribution < -0.4 is 15.4 Å². The number of carbonyl (C=O) groups is 3. The SMILES string of the molecule is N=C(/C=C\Nc1ccc(Cl)cc1)CN1CCC2(CC1)COc1c2ccc2c1CN(C1CCC(=O)NC1=O)C2=O. The molecule has 202 valence electrons. The monoisotopic (exact) mass is 547 g/mol. The van der Waals surface area contributed by atoms with Crippen molar-refractivity contribution in [3.05, 3.63) is 70.4 Å². The number of amides is 3. The second-order valence-corrected chi connectivity index (χ2v) is 11.2. The summed E-state index contributed by atoms with van der Waals surface area (Å²) < 4.78 is 6.26. The minimum atomic E-state index is -0.636. The molecule has 1 unspecified atom stereocenters. The van der Waals surface area contributed by atoms with Crippen LogP contribution in [0.15, 0.2) is 48.7 Å². The number of anilines is 1. The number of nitrogens with zero attached hydrogens (tertiary/aromatic N) is 2. The van der Waals surface area contributed by atoms with Crippen molar-refractivity contribution in [2.75, 3.05) is 31.6 Å². The number of nitrogens with one attached hydrogen (secondary N) is 3. The summed E-state index contributed by atoms with van der Waals surface area (Å²) in [6.45, 7) is 3.16. The van der Waals surface area contributed by atoms with Crippen LogP contribution in [0.25, 0.3) is 0 Å². The number of imide groups is 1. The number of ether oxygens (including phenoxy) is 1. The predicted molar refractivity (Wildman–Crippen MR) is 147 cm³/mol. The van der Waals surface area contributed by atoms with Crippen molar-refractivity contribution in [1.82, 2.24) is 15.1 Å². The molecule has 6 rings (SSSR count). The van der Waals surface area contributed by atoms with Gasteiger partial charge in [0, 0.05) is 57.7 Å². The van der Waals surface area contributed by atoms with Crippen LogP contribution in [0.2, 0.25) is 5.02 Å². The van der Waals surface area contributed by atoms with Gasteiger partial charge in [-0.05, 0) is 68.8 Å². The van der Waals surface area contributed by atoms with Crippen molar-refractivity contribution in [1.29, 1.82) is 5.41 Å². The Morgan fingerprint density at radius 1 is 1.15 bits per heavy atom. The van der Waals surface area contributed by atoms with Gasteiger partial charge in [0.25, 0.3) is 5.91 Å². The topological polar surface area (TPSA) is 115 Å². The van der Waals surface area contributed by atoms with Crippen LogP contribution in [0.5, 0.6) is 5.75 Å². The number of likely N-dealkylation sites (tertiary alicyclic amines) is 1. The highest BCUT2D eigenvalue weighted by atomic mass is 35.5. The largest absolute Gasteiger partial charge is 0.492 e. The summed E-state index contributed by atoms with van der Waals surface area (Å²) in [5.74, 6) is -0.0968. The number of halogens is 1. The van der Waals surface area contributed by atoms with Gasteiger partial charge < -0.3 is 20.4 Å². The van der Waals surface area contributed by atoms with Gasteiger partial charge in [-0.25, -0.2) is 0 Å².